The first-order chi connectivity index (χ1) is 19.4. The quantitative estimate of drug-likeness (QED) is 0.531. The second-order valence-electron chi connectivity index (χ2n) is 10.0. The van der Waals surface area contributed by atoms with Gasteiger partial charge in [-0.15, -0.1) is 0 Å². The van der Waals surface area contributed by atoms with Crippen LogP contribution in [0.3, 0.4) is 0 Å². The van der Waals surface area contributed by atoms with E-state index in [-0.39, 0.29) is 12.3 Å². The van der Waals surface area contributed by atoms with Gasteiger partial charge >= 0.3 is 12.1 Å². The number of hydrogen-bond acceptors (Lipinski definition) is 7. The summed E-state index contributed by atoms with van der Waals surface area (Å²) in [6.07, 6.45) is 2.59. The molecule has 40 heavy (non-hydrogen) atoms. The van der Waals surface area contributed by atoms with Crippen LogP contribution in [0.25, 0.3) is 0 Å². The van der Waals surface area contributed by atoms with Crippen LogP contribution in [-0.2, 0) is 16.1 Å². The second kappa shape index (κ2) is 12.0. The van der Waals surface area contributed by atoms with Crippen LogP contribution in [0.5, 0.6) is 5.75 Å². The van der Waals surface area contributed by atoms with E-state index in [4.69, 9.17) is 21.2 Å². The SMILES string of the molecule is COc1ccc(CC2NC(=O)N(OC(=O)N3CCN(c4cccc(C(=O)N5CCCCC5)c4Cl)CC3)C2=O)cc1. The van der Waals surface area contributed by atoms with Gasteiger partial charge in [0, 0.05) is 45.7 Å². The molecule has 12 heteroatoms. The topological polar surface area (TPSA) is 112 Å². The van der Waals surface area contributed by atoms with Gasteiger partial charge in [0.1, 0.15) is 11.8 Å². The average molecular weight is 570 g/mol. The molecule has 5 amide bonds. The molecule has 1 N–H and O–H groups in total. The van der Waals surface area contributed by atoms with Crippen molar-refractivity contribution in [3.8, 4) is 5.75 Å². The maximum Gasteiger partial charge on any atom is 0.434 e. The van der Waals surface area contributed by atoms with Crippen LogP contribution >= 0.6 is 11.6 Å². The van der Waals surface area contributed by atoms with E-state index >= 15 is 0 Å². The number of hydrogen-bond donors (Lipinski definition) is 1. The van der Waals surface area contributed by atoms with Crippen molar-refractivity contribution in [3.63, 3.8) is 0 Å². The number of rotatable bonds is 6. The molecular weight excluding hydrogens is 538 g/mol. The zero-order valence-electron chi connectivity index (χ0n) is 22.3. The third-order valence-corrected chi connectivity index (χ3v) is 7.88. The number of ether oxygens (including phenoxy) is 1. The number of nitrogens with zero attached hydrogens (tertiary/aromatic N) is 4. The van der Waals surface area contributed by atoms with Gasteiger partial charge in [0.2, 0.25) is 0 Å². The number of halogens is 1. The minimum Gasteiger partial charge on any atom is -0.497 e. The van der Waals surface area contributed by atoms with Gasteiger partial charge in [0.15, 0.2) is 0 Å². The molecule has 3 aliphatic rings. The van der Waals surface area contributed by atoms with E-state index in [2.05, 4.69) is 5.32 Å². The summed E-state index contributed by atoms with van der Waals surface area (Å²) >= 11 is 6.70. The summed E-state index contributed by atoms with van der Waals surface area (Å²) in [5, 5.41) is 3.46. The van der Waals surface area contributed by atoms with Gasteiger partial charge in [-0.25, -0.2) is 9.59 Å². The highest BCUT2D eigenvalue weighted by Gasteiger charge is 2.42. The summed E-state index contributed by atoms with van der Waals surface area (Å²) in [5.74, 6) is -0.00973. The lowest BCUT2D eigenvalue weighted by atomic mass is 10.1. The van der Waals surface area contributed by atoms with E-state index < -0.39 is 24.1 Å². The van der Waals surface area contributed by atoms with Crippen molar-refractivity contribution in [3.05, 3.63) is 58.6 Å². The molecule has 3 aliphatic heterocycles. The first kappa shape index (κ1) is 27.6. The Bertz CT molecular complexity index is 1270. The molecule has 0 bridgehead atoms. The Kier molecular flexibility index (Phi) is 8.29. The standard InChI is InChI=1S/C28H32ClN5O6/c1-39-20-10-8-19(9-11-20)18-22-26(36)34(27(37)30-22)40-28(38)33-16-14-31(15-17-33)23-7-5-6-21(24(23)29)25(35)32-12-3-2-4-13-32/h5-11,22H,2-4,12-18H2,1H3,(H,30,37). The molecule has 0 spiro atoms. The van der Waals surface area contributed by atoms with Gasteiger partial charge in [-0.2, -0.15) is 0 Å². The van der Waals surface area contributed by atoms with Crippen molar-refractivity contribution in [1.82, 2.24) is 20.2 Å². The van der Waals surface area contributed by atoms with E-state index in [1.807, 2.05) is 21.9 Å². The predicted molar refractivity (Wildman–Crippen MR) is 147 cm³/mol. The molecule has 0 aliphatic carbocycles. The van der Waals surface area contributed by atoms with E-state index in [9.17, 15) is 19.2 Å². The summed E-state index contributed by atoms with van der Waals surface area (Å²) in [7, 11) is 1.56. The minimum absolute atomic E-state index is 0.0624. The van der Waals surface area contributed by atoms with Crippen molar-refractivity contribution in [1.29, 1.82) is 0 Å². The molecule has 0 aromatic heterocycles. The van der Waals surface area contributed by atoms with Crippen LogP contribution in [-0.4, -0.2) is 91.2 Å². The van der Waals surface area contributed by atoms with Crippen LogP contribution in [0.1, 0.15) is 35.2 Å². The van der Waals surface area contributed by atoms with E-state index in [0.29, 0.717) is 47.6 Å². The Morgan fingerprint density at radius 2 is 1.62 bits per heavy atom. The van der Waals surface area contributed by atoms with Gasteiger partial charge in [-0.1, -0.05) is 34.9 Å². The number of anilines is 1. The molecule has 3 saturated heterocycles. The van der Waals surface area contributed by atoms with Crippen LogP contribution in [0.4, 0.5) is 15.3 Å². The number of likely N-dealkylation sites (tertiary alicyclic amines) is 1. The summed E-state index contributed by atoms with van der Waals surface area (Å²) in [6.45, 7) is 2.93. The fourth-order valence-electron chi connectivity index (χ4n) is 5.20. The largest absolute Gasteiger partial charge is 0.497 e. The van der Waals surface area contributed by atoms with E-state index in [1.165, 1.54) is 4.90 Å². The van der Waals surface area contributed by atoms with Gasteiger partial charge in [-0.3, -0.25) is 9.59 Å². The zero-order chi connectivity index (χ0) is 28.2. The first-order valence-electron chi connectivity index (χ1n) is 13.4. The van der Waals surface area contributed by atoms with Crippen LogP contribution in [0.15, 0.2) is 42.5 Å². The molecule has 0 radical (unpaired) electrons. The molecule has 0 saturated carbocycles. The number of imide groups is 1. The molecule has 2 aromatic rings. The molecule has 3 fully saturated rings. The maximum absolute atomic E-state index is 13.0. The number of amides is 5. The molecule has 1 unspecified atom stereocenters. The third kappa shape index (κ3) is 5.79. The number of carbonyl (C=O) groups excluding carboxylic acids is 4. The smallest absolute Gasteiger partial charge is 0.434 e. The Labute approximate surface area is 237 Å². The van der Waals surface area contributed by atoms with Crippen LogP contribution < -0.4 is 15.0 Å². The highest BCUT2D eigenvalue weighted by molar-refractivity contribution is 6.36. The van der Waals surface area contributed by atoms with Crippen molar-refractivity contribution in [2.45, 2.75) is 31.7 Å². The Morgan fingerprint density at radius 3 is 2.30 bits per heavy atom. The molecule has 3 heterocycles. The van der Waals surface area contributed by atoms with Crippen molar-refractivity contribution >= 4 is 41.2 Å². The Morgan fingerprint density at radius 1 is 0.925 bits per heavy atom. The van der Waals surface area contributed by atoms with Gasteiger partial charge in [0.05, 0.1) is 23.4 Å². The lowest BCUT2D eigenvalue weighted by molar-refractivity contribution is -0.151. The second-order valence-corrected chi connectivity index (χ2v) is 10.4. The van der Waals surface area contributed by atoms with Crippen molar-refractivity contribution in [2.75, 3.05) is 51.3 Å². The number of hydroxylamine groups is 2. The third-order valence-electron chi connectivity index (χ3n) is 7.48. The molecule has 11 nitrogen and oxygen atoms in total. The lowest BCUT2D eigenvalue weighted by Crippen LogP contribution is -2.51. The van der Waals surface area contributed by atoms with Gasteiger partial charge < -0.3 is 29.6 Å². The Hall–Kier alpha value is -3.99. The summed E-state index contributed by atoms with van der Waals surface area (Å²) in [6, 6.07) is 10.9. The number of piperazine rings is 1. The normalized spacial score (nSPS) is 19.5. The molecule has 2 aromatic carbocycles. The number of benzene rings is 2. The number of urea groups is 1. The molecule has 5 rings (SSSR count). The lowest BCUT2D eigenvalue weighted by Gasteiger charge is -2.36. The maximum atomic E-state index is 13.0. The molecule has 212 valence electrons. The predicted octanol–water partition coefficient (Wildman–Crippen LogP) is 3.31. The van der Waals surface area contributed by atoms with Crippen molar-refractivity contribution < 1.29 is 28.8 Å². The van der Waals surface area contributed by atoms with Gasteiger partial charge in [0.25, 0.3) is 11.8 Å². The van der Waals surface area contributed by atoms with Crippen LogP contribution in [0, 0.1) is 0 Å². The van der Waals surface area contributed by atoms with E-state index in [1.54, 1.807) is 37.4 Å². The molecule has 1 atom stereocenters. The highest BCUT2D eigenvalue weighted by Crippen LogP contribution is 2.31. The zero-order valence-corrected chi connectivity index (χ0v) is 23.1. The minimum atomic E-state index is -0.840. The van der Waals surface area contributed by atoms with Crippen molar-refractivity contribution in [2.24, 2.45) is 0 Å². The summed E-state index contributed by atoms with van der Waals surface area (Å²) in [4.78, 5) is 61.6. The molecular formula is C28H32ClN5O6. The van der Waals surface area contributed by atoms with Crippen LogP contribution in [0.2, 0.25) is 5.02 Å². The monoisotopic (exact) mass is 569 g/mol. The number of piperidine rings is 1. The van der Waals surface area contributed by atoms with E-state index in [0.717, 1.165) is 43.6 Å². The fraction of sp³-hybridized carbons (Fsp3) is 0.429. The average Bonchev–Trinajstić information content (AvgIpc) is 3.25. The summed E-state index contributed by atoms with van der Waals surface area (Å²) < 4.78 is 5.14. The number of methoxy groups -OCH3 is 1. The Balaban J connectivity index is 1.16. The van der Waals surface area contributed by atoms with Gasteiger partial charge in [-0.05, 0) is 49.1 Å². The number of carbonyl (C=O) groups is 4. The highest BCUT2D eigenvalue weighted by atomic mass is 35.5. The first-order valence-corrected chi connectivity index (χ1v) is 13.8. The fourth-order valence-corrected chi connectivity index (χ4v) is 5.52. The number of nitrogens with one attached hydrogen (secondary N) is 1. The summed E-state index contributed by atoms with van der Waals surface area (Å²) in [5.41, 5.74) is 2.03.